The molecule has 0 aromatic carbocycles. The van der Waals surface area contributed by atoms with Crippen molar-refractivity contribution in [2.24, 2.45) is 10.4 Å². The molecule has 5 heteroatoms. The van der Waals surface area contributed by atoms with Crippen molar-refractivity contribution in [3.63, 3.8) is 0 Å². The van der Waals surface area contributed by atoms with Crippen molar-refractivity contribution in [1.82, 2.24) is 5.32 Å². The second-order valence-corrected chi connectivity index (χ2v) is 3.85. The van der Waals surface area contributed by atoms with E-state index in [1.165, 1.54) is 6.08 Å². The number of aliphatic imine (C=N–C) groups is 1. The van der Waals surface area contributed by atoms with Gasteiger partial charge in [0.15, 0.2) is 0 Å². The highest BCUT2D eigenvalue weighted by Crippen LogP contribution is 2.33. The standard InChI is InChI=1S/C11H14N2O3/c1-2-16-10(15)11-5-3-7-12-9(11)13-8(14)4-6-11/h4,6H,2-3,5,7H2,1H3,(H,12,13,14). The van der Waals surface area contributed by atoms with Crippen LogP contribution in [0.4, 0.5) is 0 Å². The lowest BCUT2D eigenvalue weighted by atomic mass is 9.78. The first kappa shape index (κ1) is 10.9. The van der Waals surface area contributed by atoms with E-state index in [2.05, 4.69) is 10.3 Å². The summed E-state index contributed by atoms with van der Waals surface area (Å²) in [6.07, 6.45) is 4.45. The van der Waals surface area contributed by atoms with Crippen LogP contribution in [-0.2, 0) is 14.3 Å². The van der Waals surface area contributed by atoms with Crippen LogP contribution in [-0.4, -0.2) is 30.9 Å². The van der Waals surface area contributed by atoms with Gasteiger partial charge in [-0.1, -0.05) is 6.08 Å². The van der Waals surface area contributed by atoms with Gasteiger partial charge in [0.2, 0.25) is 5.91 Å². The second kappa shape index (κ2) is 4.08. The Morgan fingerprint density at radius 2 is 2.50 bits per heavy atom. The molecule has 1 unspecified atom stereocenters. The number of hydrogen-bond acceptors (Lipinski definition) is 4. The predicted octanol–water partition coefficient (Wildman–Crippen LogP) is 0.414. The number of amides is 1. The highest BCUT2D eigenvalue weighted by atomic mass is 16.5. The van der Waals surface area contributed by atoms with Crippen LogP contribution in [0.3, 0.4) is 0 Å². The molecule has 0 fully saturated rings. The van der Waals surface area contributed by atoms with Gasteiger partial charge in [-0.3, -0.25) is 14.6 Å². The van der Waals surface area contributed by atoms with E-state index in [1.807, 2.05) is 0 Å². The van der Waals surface area contributed by atoms with Gasteiger partial charge in [-0.05, 0) is 19.8 Å². The summed E-state index contributed by atoms with van der Waals surface area (Å²) in [4.78, 5) is 27.4. The van der Waals surface area contributed by atoms with Crippen LogP contribution in [0.15, 0.2) is 17.1 Å². The predicted molar refractivity (Wildman–Crippen MR) is 57.9 cm³/mol. The van der Waals surface area contributed by atoms with Gasteiger partial charge in [0, 0.05) is 12.6 Å². The molecule has 0 spiro atoms. The van der Waals surface area contributed by atoms with Crippen LogP contribution >= 0.6 is 0 Å². The fraction of sp³-hybridized carbons (Fsp3) is 0.545. The molecule has 0 saturated heterocycles. The van der Waals surface area contributed by atoms with Crippen LogP contribution in [0.25, 0.3) is 0 Å². The summed E-state index contributed by atoms with van der Waals surface area (Å²) in [5.41, 5.74) is -0.859. The first-order valence-corrected chi connectivity index (χ1v) is 5.41. The number of fused-ring (bicyclic) bond motifs is 1. The van der Waals surface area contributed by atoms with Gasteiger partial charge in [0.25, 0.3) is 0 Å². The van der Waals surface area contributed by atoms with Crippen molar-refractivity contribution in [2.75, 3.05) is 13.2 Å². The molecule has 2 aliphatic heterocycles. The summed E-state index contributed by atoms with van der Waals surface area (Å²) in [6.45, 7) is 2.74. The number of carbonyl (C=O) groups excluding carboxylic acids is 2. The maximum Gasteiger partial charge on any atom is 0.323 e. The minimum atomic E-state index is -0.859. The van der Waals surface area contributed by atoms with E-state index in [0.29, 0.717) is 25.4 Å². The van der Waals surface area contributed by atoms with E-state index in [-0.39, 0.29) is 11.9 Å². The lowest BCUT2D eigenvalue weighted by molar-refractivity contribution is -0.149. The van der Waals surface area contributed by atoms with E-state index in [4.69, 9.17) is 4.74 Å². The Hall–Kier alpha value is -1.65. The number of nitrogens with one attached hydrogen (secondary N) is 1. The molecule has 2 aliphatic rings. The topological polar surface area (TPSA) is 67.8 Å². The van der Waals surface area contributed by atoms with E-state index in [0.717, 1.165) is 6.42 Å². The summed E-state index contributed by atoms with van der Waals surface area (Å²) in [6, 6.07) is 0. The number of esters is 1. The Morgan fingerprint density at radius 3 is 3.25 bits per heavy atom. The molecule has 0 aromatic heterocycles. The zero-order valence-corrected chi connectivity index (χ0v) is 9.16. The molecular formula is C11H14N2O3. The van der Waals surface area contributed by atoms with Gasteiger partial charge in [0.05, 0.1) is 6.61 Å². The second-order valence-electron chi connectivity index (χ2n) is 3.85. The van der Waals surface area contributed by atoms with Crippen LogP contribution < -0.4 is 5.32 Å². The van der Waals surface area contributed by atoms with Gasteiger partial charge in [0.1, 0.15) is 11.3 Å². The number of hydrogen-bond donors (Lipinski definition) is 1. The van der Waals surface area contributed by atoms with Gasteiger partial charge in [-0.25, -0.2) is 0 Å². The number of ether oxygens (including phenoxy) is 1. The average molecular weight is 222 g/mol. The summed E-state index contributed by atoms with van der Waals surface area (Å²) in [5.74, 6) is -0.130. The molecule has 2 heterocycles. The highest BCUT2D eigenvalue weighted by molar-refractivity contribution is 6.17. The van der Waals surface area contributed by atoms with E-state index < -0.39 is 5.41 Å². The Balaban J connectivity index is 2.37. The minimum absolute atomic E-state index is 0.236. The summed E-state index contributed by atoms with van der Waals surface area (Å²) < 4.78 is 5.05. The van der Waals surface area contributed by atoms with E-state index in [1.54, 1.807) is 13.0 Å². The van der Waals surface area contributed by atoms with Gasteiger partial charge >= 0.3 is 5.97 Å². The number of rotatable bonds is 2. The van der Waals surface area contributed by atoms with Crippen molar-refractivity contribution >= 4 is 17.7 Å². The third-order valence-corrected chi connectivity index (χ3v) is 2.82. The lowest BCUT2D eigenvalue weighted by Crippen LogP contribution is -2.52. The van der Waals surface area contributed by atoms with Crippen molar-refractivity contribution in [1.29, 1.82) is 0 Å². The Bertz CT molecular complexity index is 387. The first-order chi connectivity index (χ1) is 7.69. The first-order valence-electron chi connectivity index (χ1n) is 5.41. The largest absolute Gasteiger partial charge is 0.465 e. The van der Waals surface area contributed by atoms with Gasteiger partial charge in [-0.15, -0.1) is 0 Å². The number of nitrogens with zero attached hydrogens (tertiary/aromatic N) is 1. The summed E-state index contributed by atoms with van der Waals surface area (Å²) >= 11 is 0. The lowest BCUT2D eigenvalue weighted by Gasteiger charge is -2.34. The molecule has 1 N–H and O–H groups in total. The molecule has 16 heavy (non-hydrogen) atoms. The zero-order valence-electron chi connectivity index (χ0n) is 9.16. The van der Waals surface area contributed by atoms with Crippen molar-refractivity contribution < 1.29 is 14.3 Å². The maximum atomic E-state index is 12.0. The molecule has 0 aliphatic carbocycles. The van der Waals surface area contributed by atoms with E-state index in [9.17, 15) is 9.59 Å². The third-order valence-electron chi connectivity index (χ3n) is 2.82. The van der Waals surface area contributed by atoms with Crippen molar-refractivity contribution in [2.45, 2.75) is 19.8 Å². The molecule has 0 radical (unpaired) electrons. The van der Waals surface area contributed by atoms with Gasteiger partial charge in [-0.2, -0.15) is 0 Å². The normalized spacial score (nSPS) is 27.8. The smallest absolute Gasteiger partial charge is 0.323 e. The van der Waals surface area contributed by atoms with E-state index >= 15 is 0 Å². The molecular weight excluding hydrogens is 208 g/mol. The third kappa shape index (κ3) is 1.62. The number of amidine groups is 1. The van der Waals surface area contributed by atoms with Crippen molar-refractivity contribution in [3.05, 3.63) is 12.2 Å². The molecule has 0 aromatic rings. The SMILES string of the molecule is CCOC(=O)C12C=CC(=O)NC1=NCCC2. The minimum Gasteiger partial charge on any atom is -0.465 e. The molecule has 5 nitrogen and oxygen atoms in total. The quantitative estimate of drug-likeness (QED) is 0.688. The summed E-state index contributed by atoms with van der Waals surface area (Å²) in [7, 11) is 0. The molecule has 1 amide bonds. The fourth-order valence-electron chi connectivity index (χ4n) is 2.02. The van der Waals surface area contributed by atoms with Crippen LogP contribution in [0.1, 0.15) is 19.8 Å². The molecule has 86 valence electrons. The van der Waals surface area contributed by atoms with Crippen LogP contribution in [0, 0.1) is 5.41 Å². The zero-order chi connectivity index (χ0) is 11.6. The van der Waals surface area contributed by atoms with Crippen LogP contribution in [0.2, 0.25) is 0 Å². The van der Waals surface area contributed by atoms with Crippen LogP contribution in [0.5, 0.6) is 0 Å². The Kier molecular flexibility index (Phi) is 2.77. The maximum absolute atomic E-state index is 12.0. The molecule has 1 atom stereocenters. The molecule has 2 rings (SSSR count). The fourth-order valence-corrected chi connectivity index (χ4v) is 2.02. The highest BCUT2D eigenvalue weighted by Gasteiger charge is 2.46. The Labute approximate surface area is 93.6 Å². The van der Waals surface area contributed by atoms with Crippen molar-refractivity contribution in [3.8, 4) is 0 Å². The molecule has 0 bridgehead atoms. The van der Waals surface area contributed by atoms with Gasteiger partial charge < -0.3 is 10.1 Å². The monoisotopic (exact) mass is 222 g/mol. The summed E-state index contributed by atoms with van der Waals surface area (Å²) in [5, 5.41) is 2.62. The molecule has 0 saturated carbocycles. The number of carbonyl (C=O) groups is 2. The average Bonchev–Trinajstić information content (AvgIpc) is 2.29. The Morgan fingerprint density at radius 1 is 1.69 bits per heavy atom.